The zero-order chi connectivity index (χ0) is 23.7. The van der Waals surface area contributed by atoms with E-state index in [1.165, 1.54) is 12.1 Å². The molecule has 6 nitrogen and oxygen atoms in total. The molecule has 0 saturated heterocycles. The Balaban J connectivity index is 1.34. The van der Waals surface area contributed by atoms with E-state index in [0.29, 0.717) is 54.1 Å². The van der Waals surface area contributed by atoms with Crippen LogP contribution in [0.15, 0.2) is 71.2 Å². The van der Waals surface area contributed by atoms with Crippen molar-refractivity contribution in [2.75, 3.05) is 11.9 Å². The molecule has 0 radical (unpaired) electrons. The molecule has 2 aliphatic carbocycles. The van der Waals surface area contributed by atoms with Crippen LogP contribution in [-0.4, -0.2) is 24.1 Å². The summed E-state index contributed by atoms with van der Waals surface area (Å²) in [5.41, 5.74) is 2.10. The quantitative estimate of drug-likeness (QED) is 0.680. The van der Waals surface area contributed by atoms with Gasteiger partial charge in [0.2, 0.25) is 0 Å². The maximum Gasteiger partial charge on any atom is 0.262 e. The smallest absolute Gasteiger partial charge is 0.262 e. The van der Waals surface area contributed by atoms with Crippen LogP contribution < -0.4 is 10.1 Å². The van der Waals surface area contributed by atoms with Crippen molar-refractivity contribution < 1.29 is 28.2 Å². The molecule has 1 amide bonds. The molecule has 7 heteroatoms. The van der Waals surface area contributed by atoms with E-state index in [1.54, 1.807) is 24.3 Å². The Bertz CT molecular complexity index is 1190. The molecule has 5 rings (SSSR count). The molecule has 1 heterocycles. The molecule has 0 fully saturated rings. The summed E-state index contributed by atoms with van der Waals surface area (Å²) >= 11 is 0. The van der Waals surface area contributed by atoms with E-state index in [0.717, 1.165) is 18.4 Å². The highest BCUT2D eigenvalue weighted by Gasteiger charge is 2.41. The van der Waals surface area contributed by atoms with Crippen LogP contribution in [0, 0.1) is 5.82 Å². The number of carbonyl (C=O) groups excluding carboxylic acids is 3. The fourth-order valence-corrected chi connectivity index (χ4v) is 4.81. The number of rotatable bonds is 5. The normalized spacial score (nSPS) is 18.3. The molecule has 0 spiro atoms. The van der Waals surface area contributed by atoms with Crippen LogP contribution in [0.2, 0.25) is 0 Å². The Kier molecular flexibility index (Phi) is 6.01. The monoisotopic (exact) mass is 461 g/mol. The number of nitrogens with one attached hydrogen (secondary N) is 1. The van der Waals surface area contributed by atoms with Crippen LogP contribution in [0.3, 0.4) is 0 Å². The van der Waals surface area contributed by atoms with E-state index < -0.39 is 17.6 Å². The first-order valence-corrected chi connectivity index (χ1v) is 11.5. The first-order chi connectivity index (χ1) is 16.5. The van der Waals surface area contributed by atoms with Crippen LogP contribution in [0.5, 0.6) is 5.75 Å². The minimum absolute atomic E-state index is 0.0290. The summed E-state index contributed by atoms with van der Waals surface area (Å²) in [6, 6.07) is 13.0. The third kappa shape index (κ3) is 4.25. The number of hydrogen-bond donors (Lipinski definition) is 1. The highest BCUT2D eigenvalue weighted by Crippen LogP contribution is 2.47. The highest BCUT2D eigenvalue weighted by molar-refractivity contribution is 6.05. The summed E-state index contributed by atoms with van der Waals surface area (Å²) in [5, 5.41) is 2.48. The number of ketones is 2. The molecule has 0 bridgehead atoms. The van der Waals surface area contributed by atoms with E-state index in [2.05, 4.69) is 5.32 Å². The van der Waals surface area contributed by atoms with Crippen LogP contribution >= 0.6 is 0 Å². The number of benzene rings is 2. The van der Waals surface area contributed by atoms with Gasteiger partial charge in [-0.25, -0.2) is 4.39 Å². The van der Waals surface area contributed by atoms with Gasteiger partial charge in [0.25, 0.3) is 5.91 Å². The molecule has 174 valence electrons. The Labute approximate surface area is 196 Å². The van der Waals surface area contributed by atoms with E-state index in [-0.39, 0.29) is 23.9 Å². The number of para-hydroxylation sites is 1. The van der Waals surface area contributed by atoms with E-state index in [9.17, 15) is 18.8 Å². The van der Waals surface area contributed by atoms with Crippen LogP contribution in [0.1, 0.15) is 50.0 Å². The molecule has 0 saturated carbocycles. The van der Waals surface area contributed by atoms with Crippen molar-refractivity contribution in [1.82, 2.24) is 0 Å². The van der Waals surface area contributed by atoms with Crippen molar-refractivity contribution in [3.05, 3.63) is 82.6 Å². The zero-order valence-electron chi connectivity index (χ0n) is 18.6. The predicted octanol–water partition coefficient (Wildman–Crippen LogP) is 4.97. The lowest BCUT2D eigenvalue weighted by molar-refractivity contribution is -0.119. The Morgan fingerprint density at radius 2 is 1.53 bits per heavy atom. The molecule has 1 N–H and O–H groups in total. The summed E-state index contributed by atoms with van der Waals surface area (Å²) in [5.74, 6) is 0.463. The van der Waals surface area contributed by atoms with Crippen LogP contribution in [0.4, 0.5) is 10.1 Å². The van der Waals surface area contributed by atoms with Gasteiger partial charge in [-0.05, 0) is 42.7 Å². The summed E-state index contributed by atoms with van der Waals surface area (Å²) in [7, 11) is 0. The summed E-state index contributed by atoms with van der Waals surface area (Å²) in [4.78, 5) is 37.8. The van der Waals surface area contributed by atoms with Crippen molar-refractivity contribution in [2.45, 2.75) is 44.4 Å². The van der Waals surface area contributed by atoms with Gasteiger partial charge in [-0.15, -0.1) is 0 Å². The van der Waals surface area contributed by atoms with Crippen molar-refractivity contribution in [3.8, 4) is 5.75 Å². The second-order valence-corrected chi connectivity index (χ2v) is 8.65. The Morgan fingerprint density at radius 3 is 2.15 bits per heavy atom. The largest absolute Gasteiger partial charge is 0.484 e. The second kappa shape index (κ2) is 9.25. The third-order valence-electron chi connectivity index (χ3n) is 6.37. The lowest BCUT2D eigenvalue weighted by Crippen LogP contribution is -2.30. The molecule has 0 atom stereocenters. The highest BCUT2D eigenvalue weighted by atomic mass is 19.1. The molecule has 0 unspecified atom stereocenters. The maximum absolute atomic E-state index is 13.7. The van der Waals surface area contributed by atoms with Crippen molar-refractivity contribution in [2.24, 2.45) is 0 Å². The molecule has 2 aromatic carbocycles. The number of amides is 1. The topological polar surface area (TPSA) is 81.7 Å². The zero-order valence-corrected chi connectivity index (χ0v) is 18.6. The molecule has 0 aromatic heterocycles. The molecule has 1 aliphatic heterocycles. The van der Waals surface area contributed by atoms with Gasteiger partial charge >= 0.3 is 0 Å². The Morgan fingerprint density at radius 1 is 0.912 bits per heavy atom. The SMILES string of the molecule is O=C(COc1ccc(C2C3=C(CCCC3=O)OC3=C2C(=O)CCC3)cc1)Nc1ccccc1F. The molecule has 3 aliphatic rings. The van der Waals surface area contributed by atoms with Crippen LogP contribution in [-0.2, 0) is 19.1 Å². The average molecular weight is 461 g/mol. The van der Waals surface area contributed by atoms with Crippen LogP contribution in [0.25, 0.3) is 0 Å². The van der Waals surface area contributed by atoms with Gasteiger partial charge in [-0.3, -0.25) is 14.4 Å². The molecular formula is C27H24FNO5. The van der Waals surface area contributed by atoms with Gasteiger partial charge in [0.05, 0.1) is 5.69 Å². The second-order valence-electron chi connectivity index (χ2n) is 8.65. The summed E-state index contributed by atoms with van der Waals surface area (Å²) in [6.45, 7) is -0.285. The maximum atomic E-state index is 13.7. The van der Waals surface area contributed by atoms with Crippen molar-refractivity contribution >= 4 is 23.2 Å². The number of ether oxygens (including phenoxy) is 2. The lowest BCUT2D eigenvalue weighted by Gasteiger charge is -2.36. The summed E-state index contributed by atoms with van der Waals surface area (Å²) < 4.78 is 25.3. The van der Waals surface area contributed by atoms with E-state index in [4.69, 9.17) is 9.47 Å². The van der Waals surface area contributed by atoms with Gasteiger partial charge in [-0.2, -0.15) is 0 Å². The number of Topliss-reactive ketones (excluding diaryl/α,β-unsaturated/α-hetero) is 2. The van der Waals surface area contributed by atoms with Crippen molar-refractivity contribution in [1.29, 1.82) is 0 Å². The fourth-order valence-electron chi connectivity index (χ4n) is 4.81. The lowest BCUT2D eigenvalue weighted by atomic mass is 9.73. The minimum atomic E-state index is -0.520. The third-order valence-corrected chi connectivity index (χ3v) is 6.37. The summed E-state index contributed by atoms with van der Waals surface area (Å²) in [6.07, 6.45) is 3.80. The predicted molar refractivity (Wildman–Crippen MR) is 123 cm³/mol. The van der Waals surface area contributed by atoms with E-state index >= 15 is 0 Å². The first kappa shape index (κ1) is 22.1. The number of anilines is 1. The van der Waals surface area contributed by atoms with Gasteiger partial charge in [0.15, 0.2) is 18.2 Å². The molecule has 2 aromatic rings. The van der Waals surface area contributed by atoms with Gasteiger partial charge < -0.3 is 14.8 Å². The van der Waals surface area contributed by atoms with Gasteiger partial charge in [0, 0.05) is 42.7 Å². The molecule has 34 heavy (non-hydrogen) atoms. The first-order valence-electron chi connectivity index (χ1n) is 11.5. The van der Waals surface area contributed by atoms with E-state index in [1.807, 2.05) is 12.1 Å². The number of hydrogen-bond acceptors (Lipinski definition) is 5. The molecular weight excluding hydrogens is 437 g/mol. The standard InChI is InChI=1S/C27H24FNO5/c28-18-5-1-2-6-19(18)29-24(32)15-33-17-13-11-16(12-14-17)25-26-20(30)7-3-9-22(26)34-23-10-4-8-21(31)27(23)25/h1-2,5-6,11-14,25H,3-4,7-10,15H2,(H,29,32). The average Bonchev–Trinajstić information content (AvgIpc) is 2.84. The van der Waals surface area contributed by atoms with Gasteiger partial charge in [-0.1, -0.05) is 24.3 Å². The minimum Gasteiger partial charge on any atom is -0.484 e. The number of carbonyl (C=O) groups is 3. The van der Waals surface area contributed by atoms with Gasteiger partial charge in [0.1, 0.15) is 23.1 Å². The number of allylic oxidation sites excluding steroid dienone is 4. The number of halogens is 1. The Hall–Kier alpha value is -3.74. The van der Waals surface area contributed by atoms with Crippen molar-refractivity contribution in [3.63, 3.8) is 0 Å². The fraction of sp³-hybridized carbons (Fsp3) is 0.296.